The van der Waals surface area contributed by atoms with E-state index in [9.17, 15) is 0 Å². The number of aryl methyl sites for hydroxylation is 2. The molecule has 0 bridgehead atoms. The Kier molecular flexibility index (Phi) is 3.08. The number of pyridine rings is 1. The zero-order valence-corrected chi connectivity index (χ0v) is 13.3. The van der Waals surface area contributed by atoms with E-state index in [4.69, 9.17) is 4.98 Å². The highest BCUT2D eigenvalue weighted by molar-refractivity contribution is 5.87. The lowest BCUT2D eigenvalue weighted by molar-refractivity contribution is 0.572. The number of hydrogen-bond donors (Lipinski definition) is 0. The molecule has 1 aromatic carbocycles. The maximum absolute atomic E-state index is 4.89. The van der Waals surface area contributed by atoms with Gasteiger partial charge in [-0.3, -0.25) is 0 Å². The minimum atomic E-state index is -0.00822. The largest absolute Gasteiger partial charge is 0.232 e. The molecule has 0 fully saturated rings. The molecule has 0 saturated carbocycles. The van der Waals surface area contributed by atoms with E-state index >= 15 is 0 Å². The predicted molar refractivity (Wildman–Crippen MR) is 87.0 cm³/mol. The van der Waals surface area contributed by atoms with Gasteiger partial charge in [0, 0.05) is 17.0 Å². The molecule has 2 aromatic heterocycles. The topological polar surface area (TPSA) is 30.7 Å². The molecule has 0 spiro atoms. The van der Waals surface area contributed by atoms with E-state index in [0.717, 1.165) is 17.2 Å². The first-order valence-corrected chi connectivity index (χ1v) is 7.29. The molecule has 2 heterocycles. The Balaban J connectivity index is 2.32. The van der Waals surface area contributed by atoms with Crippen molar-refractivity contribution < 1.29 is 0 Å². The quantitative estimate of drug-likeness (QED) is 0.663. The lowest BCUT2D eigenvalue weighted by Crippen LogP contribution is -2.16. The Morgan fingerprint density at radius 3 is 2.38 bits per heavy atom. The molecule has 3 aromatic rings. The van der Waals surface area contributed by atoms with Gasteiger partial charge in [0.2, 0.25) is 0 Å². The van der Waals surface area contributed by atoms with Crippen molar-refractivity contribution in [1.82, 2.24) is 14.8 Å². The summed E-state index contributed by atoms with van der Waals surface area (Å²) in [6, 6.07) is 10.7. The van der Waals surface area contributed by atoms with Crippen LogP contribution < -0.4 is 0 Å². The third kappa shape index (κ3) is 2.56. The van der Waals surface area contributed by atoms with Crippen LogP contribution in [0.1, 0.15) is 37.7 Å². The van der Waals surface area contributed by atoms with Gasteiger partial charge in [-0.25, -0.2) is 9.67 Å². The first-order valence-electron chi connectivity index (χ1n) is 7.29. The predicted octanol–water partition coefficient (Wildman–Crippen LogP) is 4.33. The molecular formula is C18H21N3. The van der Waals surface area contributed by atoms with E-state index in [1.807, 2.05) is 23.9 Å². The van der Waals surface area contributed by atoms with Crippen molar-refractivity contribution in [3.8, 4) is 5.82 Å². The van der Waals surface area contributed by atoms with Gasteiger partial charge < -0.3 is 0 Å². The van der Waals surface area contributed by atoms with E-state index in [1.54, 1.807) is 0 Å². The lowest BCUT2D eigenvalue weighted by Gasteiger charge is -2.21. The van der Waals surface area contributed by atoms with Crippen LogP contribution in [0.15, 0.2) is 36.5 Å². The molecular weight excluding hydrogens is 258 g/mol. The van der Waals surface area contributed by atoms with Crippen LogP contribution in [-0.4, -0.2) is 14.8 Å². The van der Waals surface area contributed by atoms with Crippen LogP contribution in [0.25, 0.3) is 16.6 Å². The van der Waals surface area contributed by atoms with Gasteiger partial charge in [0.05, 0.1) is 11.4 Å². The lowest BCUT2D eigenvalue weighted by atomic mass is 9.88. The number of aromatic nitrogens is 3. The molecule has 3 heteroatoms. The van der Waals surface area contributed by atoms with Crippen molar-refractivity contribution in [3.05, 3.63) is 53.5 Å². The zero-order chi connectivity index (χ0) is 15.2. The van der Waals surface area contributed by atoms with Gasteiger partial charge in [0.15, 0.2) is 5.82 Å². The first kappa shape index (κ1) is 13.8. The summed E-state index contributed by atoms with van der Waals surface area (Å²) < 4.78 is 1.85. The van der Waals surface area contributed by atoms with Gasteiger partial charge in [-0.2, -0.15) is 5.10 Å². The molecule has 21 heavy (non-hydrogen) atoms. The summed E-state index contributed by atoms with van der Waals surface area (Å²) in [5.41, 5.74) is 3.36. The minimum absolute atomic E-state index is 0.00822. The Bertz CT molecular complexity index is 807. The average molecular weight is 279 g/mol. The fraction of sp³-hybridized carbons (Fsp3) is 0.333. The molecule has 0 aliphatic heterocycles. The van der Waals surface area contributed by atoms with Crippen LogP contribution in [0, 0.1) is 13.8 Å². The second-order valence-electron chi connectivity index (χ2n) is 6.71. The number of nitrogens with zero attached hydrogens (tertiary/aromatic N) is 3. The molecule has 0 saturated heterocycles. The number of rotatable bonds is 1. The molecule has 0 N–H and O–H groups in total. The minimum Gasteiger partial charge on any atom is -0.232 e. The monoisotopic (exact) mass is 279 g/mol. The van der Waals surface area contributed by atoms with Crippen molar-refractivity contribution in [2.75, 3.05) is 0 Å². The van der Waals surface area contributed by atoms with E-state index in [2.05, 4.69) is 57.1 Å². The van der Waals surface area contributed by atoms with Gasteiger partial charge in [-0.1, -0.05) is 44.5 Å². The Morgan fingerprint density at radius 2 is 1.76 bits per heavy atom. The van der Waals surface area contributed by atoms with Crippen molar-refractivity contribution in [2.45, 2.75) is 40.0 Å². The third-order valence-corrected chi connectivity index (χ3v) is 3.64. The van der Waals surface area contributed by atoms with Crippen LogP contribution in [0.5, 0.6) is 0 Å². The molecule has 0 aliphatic carbocycles. The van der Waals surface area contributed by atoms with Crippen LogP contribution in [0.2, 0.25) is 0 Å². The van der Waals surface area contributed by atoms with Gasteiger partial charge >= 0.3 is 0 Å². The molecule has 3 rings (SSSR count). The van der Waals surface area contributed by atoms with Crippen LogP contribution in [0.4, 0.5) is 0 Å². The summed E-state index contributed by atoms with van der Waals surface area (Å²) in [5.74, 6) is 0.881. The molecule has 0 aliphatic rings. The van der Waals surface area contributed by atoms with Gasteiger partial charge in [-0.15, -0.1) is 0 Å². The Hall–Kier alpha value is -2.16. The zero-order valence-electron chi connectivity index (χ0n) is 13.3. The average Bonchev–Trinajstić information content (AvgIpc) is 2.82. The Morgan fingerprint density at radius 1 is 1.00 bits per heavy atom. The molecule has 3 nitrogen and oxygen atoms in total. The first-order chi connectivity index (χ1) is 9.84. The second-order valence-corrected chi connectivity index (χ2v) is 6.71. The van der Waals surface area contributed by atoms with Gasteiger partial charge in [0.1, 0.15) is 0 Å². The standard InChI is InChI=1S/C18H21N3/c1-12-6-7-15-14(10-12)11-16(19-17(15)18(3,4)5)21-9-8-13(2)20-21/h6-11H,1-5H3. The highest BCUT2D eigenvalue weighted by Crippen LogP contribution is 2.30. The molecule has 0 radical (unpaired) electrons. The molecule has 0 atom stereocenters. The molecule has 108 valence electrons. The summed E-state index contributed by atoms with van der Waals surface area (Å²) >= 11 is 0. The van der Waals surface area contributed by atoms with Crippen molar-refractivity contribution in [3.63, 3.8) is 0 Å². The summed E-state index contributed by atoms with van der Waals surface area (Å²) in [6.45, 7) is 10.7. The SMILES string of the molecule is Cc1ccc2c(C(C)(C)C)nc(-n3ccc(C)n3)cc2c1. The van der Waals surface area contributed by atoms with Crippen molar-refractivity contribution in [2.24, 2.45) is 0 Å². The fourth-order valence-corrected chi connectivity index (χ4v) is 2.60. The van der Waals surface area contributed by atoms with Crippen molar-refractivity contribution >= 4 is 10.8 Å². The number of benzene rings is 1. The van der Waals surface area contributed by atoms with E-state index in [1.165, 1.54) is 16.3 Å². The second kappa shape index (κ2) is 4.69. The van der Waals surface area contributed by atoms with Crippen molar-refractivity contribution in [1.29, 1.82) is 0 Å². The normalized spacial score (nSPS) is 12.0. The van der Waals surface area contributed by atoms with E-state index in [-0.39, 0.29) is 5.41 Å². The van der Waals surface area contributed by atoms with Gasteiger partial charge in [0.25, 0.3) is 0 Å². The summed E-state index contributed by atoms with van der Waals surface area (Å²) in [7, 11) is 0. The van der Waals surface area contributed by atoms with Crippen LogP contribution in [-0.2, 0) is 5.41 Å². The molecule has 0 unspecified atom stereocenters. The maximum atomic E-state index is 4.89. The number of fused-ring (bicyclic) bond motifs is 1. The fourth-order valence-electron chi connectivity index (χ4n) is 2.60. The van der Waals surface area contributed by atoms with E-state index in [0.29, 0.717) is 0 Å². The maximum Gasteiger partial charge on any atom is 0.154 e. The smallest absolute Gasteiger partial charge is 0.154 e. The summed E-state index contributed by atoms with van der Waals surface area (Å²) in [5, 5.41) is 6.93. The van der Waals surface area contributed by atoms with Crippen LogP contribution in [0.3, 0.4) is 0 Å². The summed E-state index contributed by atoms with van der Waals surface area (Å²) in [4.78, 5) is 4.89. The molecule has 0 amide bonds. The van der Waals surface area contributed by atoms with E-state index < -0.39 is 0 Å². The van der Waals surface area contributed by atoms with Crippen LogP contribution >= 0.6 is 0 Å². The highest BCUT2D eigenvalue weighted by Gasteiger charge is 2.20. The number of hydrogen-bond acceptors (Lipinski definition) is 2. The highest BCUT2D eigenvalue weighted by atomic mass is 15.3. The Labute approximate surface area is 125 Å². The third-order valence-electron chi connectivity index (χ3n) is 3.64. The van der Waals surface area contributed by atoms with Gasteiger partial charge in [-0.05, 0) is 31.4 Å². The summed E-state index contributed by atoms with van der Waals surface area (Å²) in [6.07, 6.45) is 1.96.